The molecule has 0 saturated heterocycles. The van der Waals surface area contributed by atoms with Crippen LogP contribution in [0, 0.1) is 5.92 Å². The van der Waals surface area contributed by atoms with Crippen LogP contribution in [0.4, 0.5) is 10.5 Å². The summed E-state index contributed by atoms with van der Waals surface area (Å²) >= 11 is 0. The predicted octanol–water partition coefficient (Wildman–Crippen LogP) is 2.24. The molecule has 0 heterocycles. The van der Waals surface area contributed by atoms with Crippen molar-refractivity contribution >= 4 is 17.7 Å². The number of nitrogens with one attached hydrogen (secondary N) is 2. The van der Waals surface area contributed by atoms with Crippen molar-refractivity contribution in [3.05, 3.63) is 29.8 Å². The van der Waals surface area contributed by atoms with E-state index in [2.05, 4.69) is 10.6 Å². The number of carboxylic acid groups (broad SMARTS) is 1. The van der Waals surface area contributed by atoms with Gasteiger partial charge in [-0.25, -0.2) is 4.79 Å². The van der Waals surface area contributed by atoms with E-state index >= 15 is 0 Å². The highest BCUT2D eigenvalue weighted by Crippen LogP contribution is 2.31. The Kier molecular flexibility index (Phi) is 4.39. The van der Waals surface area contributed by atoms with E-state index in [4.69, 9.17) is 5.11 Å². The second-order valence-corrected chi connectivity index (χ2v) is 4.88. The van der Waals surface area contributed by atoms with Gasteiger partial charge >= 0.3 is 12.0 Å². The van der Waals surface area contributed by atoms with Crippen LogP contribution in [-0.4, -0.2) is 23.7 Å². The summed E-state index contributed by atoms with van der Waals surface area (Å²) in [6, 6.07) is 6.64. The number of rotatable bonds is 6. The van der Waals surface area contributed by atoms with E-state index < -0.39 is 5.97 Å². The quantitative estimate of drug-likeness (QED) is 0.735. The van der Waals surface area contributed by atoms with Gasteiger partial charge in [-0.05, 0) is 30.0 Å². The minimum Gasteiger partial charge on any atom is -0.481 e. The molecular weight excluding hydrogens is 244 g/mol. The minimum atomic E-state index is -0.883. The number of carbonyl (C=O) groups excluding carboxylic acids is 1. The average molecular weight is 262 g/mol. The first kappa shape index (κ1) is 13.4. The van der Waals surface area contributed by atoms with Gasteiger partial charge in [0.05, 0.1) is 6.42 Å². The van der Waals surface area contributed by atoms with Crippen LogP contribution in [0.25, 0.3) is 0 Å². The third-order valence-electron chi connectivity index (χ3n) is 3.08. The van der Waals surface area contributed by atoms with Crippen molar-refractivity contribution in [2.45, 2.75) is 25.7 Å². The summed E-state index contributed by atoms with van der Waals surface area (Å²) in [7, 11) is 0. The molecule has 19 heavy (non-hydrogen) atoms. The van der Waals surface area contributed by atoms with Crippen molar-refractivity contribution in [1.82, 2.24) is 5.32 Å². The van der Waals surface area contributed by atoms with Gasteiger partial charge in [0.2, 0.25) is 0 Å². The zero-order valence-corrected chi connectivity index (χ0v) is 10.7. The Labute approximate surface area is 112 Å². The van der Waals surface area contributed by atoms with Gasteiger partial charge in [-0.3, -0.25) is 4.79 Å². The summed E-state index contributed by atoms with van der Waals surface area (Å²) in [6.07, 6.45) is 3.55. The van der Waals surface area contributed by atoms with E-state index in [1.54, 1.807) is 24.3 Å². The Hall–Kier alpha value is -2.04. The van der Waals surface area contributed by atoms with Gasteiger partial charge in [-0.15, -0.1) is 0 Å². The maximum Gasteiger partial charge on any atom is 0.319 e. The zero-order chi connectivity index (χ0) is 13.7. The molecule has 0 radical (unpaired) electrons. The summed E-state index contributed by atoms with van der Waals surface area (Å²) in [4.78, 5) is 22.2. The molecule has 5 nitrogen and oxygen atoms in total. The maximum atomic E-state index is 11.6. The third-order valence-corrected chi connectivity index (χ3v) is 3.08. The smallest absolute Gasteiger partial charge is 0.319 e. The zero-order valence-electron chi connectivity index (χ0n) is 10.7. The molecule has 1 fully saturated rings. The molecule has 0 spiro atoms. The lowest BCUT2D eigenvalue weighted by molar-refractivity contribution is -0.136. The molecule has 5 heteroatoms. The van der Waals surface area contributed by atoms with Crippen LogP contribution < -0.4 is 10.6 Å². The van der Waals surface area contributed by atoms with Crippen molar-refractivity contribution in [1.29, 1.82) is 0 Å². The lowest BCUT2D eigenvalue weighted by Gasteiger charge is -2.08. The average Bonchev–Trinajstić information content (AvgIpc) is 3.12. The van der Waals surface area contributed by atoms with Crippen LogP contribution >= 0.6 is 0 Å². The SMILES string of the molecule is O=C(O)Cc1cccc(NC(=O)NCCC2CC2)c1. The summed E-state index contributed by atoms with van der Waals surface area (Å²) in [5.74, 6) is -0.0924. The number of carbonyl (C=O) groups is 2. The summed E-state index contributed by atoms with van der Waals surface area (Å²) in [5.41, 5.74) is 1.28. The molecule has 102 valence electrons. The van der Waals surface area contributed by atoms with Crippen molar-refractivity contribution in [2.75, 3.05) is 11.9 Å². The van der Waals surface area contributed by atoms with E-state index in [1.807, 2.05) is 0 Å². The maximum absolute atomic E-state index is 11.6. The van der Waals surface area contributed by atoms with E-state index in [0.29, 0.717) is 17.8 Å². The van der Waals surface area contributed by atoms with Crippen molar-refractivity contribution < 1.29 is 14.7 Å². The van der Waals surface area contributed by atoms with E-state index in [9.17, 15) is 9.59 Å². The first-order chi connectivity index (χ1) is 9.13. The number of amides is 2. The Balaban J connectivity index is 1.79. The molecule has 1 aromatic rings. The van der Waals surface area contributed by atoms with Gasteiger partial charge in [0, 0.05) is 12.2 Å². The Morgan fingerprint density at radius 1 is 1.32 bits per heavy atom. The van der Waals surface area contributed by atoms with E-state index in [0.717, 1.165) is 12.3 Å². The van der Waals surface area contributed by atoms with Crippen LogP contribution in [0.2, 0.25) is 0 Å². The second kappa shape index (κ2) is 6.22. The lowest BCUT2D eigenvalue weighted by Crippen LogP contribution is -2.29. The standard InChI is InChI=1S/C14H18N2O3/c17-13(18)9-11-2-1-3-12(8-11)16-14(19)15-7-6-10-4-5-10/h1-3,8,10H,4-7,9H2,(H,17,18)(H2,15,16,19). The van der Waals surface area contributed by atoms with Gasteiger partial charge in [0.1, 0.15) is 0 Å². The molecule has 2 rings (SSSR count). The normalized spacial score (nSPS) is 13.9. The molecule has 1 saturated carbocycles. The predicted molar refractivity (Wildman–Crippen MR) is 72.1 cm³/mol. The Morgan fingerprint density at radius 3 is 2.79 bits per heavy atom. The molecule has 0 atom stereocenters. The number of carboxylic acids is 1. The Bertz CT molecular complexity index is 470. The summed E-state index contributed by atoms with van der Waals surface area (Å²) < 4.78 is 0. The fraction of sp³-hybridized carbons (Fsp3) is 0.429. The molecule has 1 aromatic carbocycles. The number of urea groups is 1. The fourth-order valence-electron chi connectivity index (χ4n) is 1.91. The molecule has 0 unspecified atom stereocenters. The first-order valence-electron chi connectivity index (χ1n) is 6.49. The molecule has 1 aliphatic rings. The number of hydrogen-bond donors (Lipinski definition) is 3. The number of anilines is 1. The minimum absolute atomic E-state index is 0.0428. The molecule has 0 bridgehead atoms. The van der Waals surface area contributed by atoms with E-state index in [1.165, 1.54) is 12.8 Å². The van der Waals surface area contributed by atoms with Crippen LogP contribution in [0.1, 0.15) is 24.8 Å². The Morgan fingerprint density at radius 2 is 2.11 bits per heavy atom. The number of aliphatic carboxylic acids is 1. The highest BCUT2D eigenvalue weighted by Gasteiger charge is 2.20. The second-order valence-electron chi connectivity index (χ2n) is 4.88. The molecule has 2 amide bonds. The van der Waals surface area contributed by atoms with Gasteiger partial charge in [-0.1, -0.05) is 25.0 Å². The van der Waals surface area contributed by atoms with Crippen LogP contribution in [-0.2, 0) is 11.2 Å². The van der Waals surface area contributed by atoms with Crippen molar-refractivity contribution in [2.24, 2.45) is 5.92 Å². The lowest BCUT2D eigenvalue weighted by atomic mass is 10.1. The first-order valence-corrected chi connectivity index (χ1v) is 6.49. The summed E-state index contributed by atoms with van der Waals surface area (Å²) in [6.45, 7) is 0.686. The van der Waals surface area contributed by atoms with Crippen LogP contribution in [0.3, 0.4) is 0 Å². The van der Waals surface area contributed by atoms with E-state index in [-0.39, 0.29) is 12.5 Å². The molecule has 0 aliphatic heterocycles. The highest BCUT2D eigenvalue weighted by atomic mass is 16.4. The van der Waals surface area contributed by atoms with Crippen LogP contribution in [0.15, 0.2) is 24.3 Å². The molecule has 1 aliphatic carbocycles. The van der Waals surface area contributed by atoms with Gasteiger partial charge in [0.25, 0.3) is 0 Å². The van der Waals surface area contributed by atoms with Gasteiger partial charge < -0.3 is 15.7 Å². The molecule has 0 aromatic heterocycles. The monoisotopic (exact) mass is 262 g/mol. The van der Waals surface area contributed by atoms with Crippen LogP contribution in [0.5, 0.6) is 0 Å². The van der Waals surface area contributed by atoms with Gasteiger partial charge in [-0.2, -0.15) is 0 Å². The topological polar surface area (TPSA) is 78.4 Å². The van der Waals surface area contributed by atoms with Crippen molar-refractivity contribution in [3.63, 3.8) is 0 Å². The molecular formula is C14H18N2O3. The highest BCUT2D eigenvalue weighted by molar-refractivity contribution is 5.89. The summed E-state index contributed by atoms with van der Waals surface area (Å²) in [5, 5.41) is 14.2. The van der Waals surface area contributed by atoms with Gasteiger partial charge in [0.15, 0.2) is 0 Å². The third kappa shape index (κ3) is 4.99. The number of hydrogen-bond acceptors (Lipinski definition) is 2. The van der Waals surface area contributed by atoms with Crippen molar-refractivity contribution in [3.8, 4) is 0 Å². The largest absolute Gasteiger partial charge is 0.481 e. The number of benzene rings is 1. The molecule has 3 N–H and O–H groups in total. The fourth-order valence-corrected chi connectivity index (χ4v) is 1.91.